The van der Waals surface area contributed by atoms with Crippen LogP contribution in [0, 0.1) is 0 Å². The molecular weight excluding hydrogens is 436 g/mol. The van der Waals surface area contributed by atoms with Crippen LogP contribution in [0.3, 0.4) is 0 Å². The van der Waals surface area contributed by atoms with Crippen molar-refractivity contribution in [2.24, 2.45) is 10.2 Å². The van der Waals surface area contributed by atoms with Crippen molar-refractivity contribution in [2.45, 2.75) is 52.4 Å². The summed E-state index contributed by atoms with van der Waals surface area (Å²) in [7, 11) is 0. The molecule has 0 heterocycles. The van der Waals surface area contributed by atoms with Gasteiger partial charge in [0.15, 0.2) is 0 Å². The van der Waals surface area contributed by atoms with Crippen LogP contribution in [0.1, 0.15) is 63.8 Å². The average Bonchev–Trinajstić information content (AvgIpc) is 2.86. The summed E-state index contributed by atoms with van der Waals surface area (Å²) < 4.78 is 0. The van der Waals surface area contributed by atoms with Crippen molar-refractivity contribution in [3.63, 3.8) is 0 Å². The summed E-state index contributed by atoms with van der Waals surface area (Å²) in [5.74, 6) is 0. The molecule has 4 aromatic rings. The Kier molecular flexibility index (Phi) is 7.35. The maximum absolute atomic E-state index is 4.24. The average molecular weight is 473 g/mol. The molecule has 0 fully saturated rings. The van der Waals surface area contributed by atoms with Gasteiger partial charge in [-0.05, 0) is 55.3 Å². The van der Waals surface area contributed by atoms with Gasteiger partial charge in [-0.15, -0.1) is 0 Å². The normalized spacial score (nSPS) is 12.5. The van der Waals surface area contributed by atoms with E-state index < -0.39 is 0 Å². The van der Waals surface area contributed by atoms with Crippen LogP contribution in [0.25, 0.3) is 22.3 Å². The Labute approximate surface area is 216 Å². The van der Waals surface area contributed by atoms with Gasteiger partial charge in [0.05, 0.1) is 12.4 Å². The summed E-state index contributed by atoms with van der Waals surface area (Å²) in [5.41, 5.74) is 9.91. The van der Waals surface area contributed by atoms with Crippen molar-refractivity contribution >= 4 is 12.4 Å². The van der Waals surface area contributed by atoms with Crippen molar-refractivity contribution in [3.05, 3.63) is 119 Å². The Hall–Kier alpha value is -3.78. The highest BCUT2D eigenvalue weighted by molar-refractivity contribution is 5.84. The van der Waals surface area contributed by atoms with Crippen molar-refractivity contribution in [3.8, 4) is 22.3 Å². The molecule has 0 saturated carbocycles. The fraction of sp³-hybridized carbons (Fsp3) is 0.235. The third kappa shape index (κ3) is 6.46. The van der Waals surface area contributed by atoms with Crippen molar-refractivity contribution in [1.29, 1.82) is 0 Å². The van der Waals surface area contributed by atoms with Crippen molar-refractivity contribution in [2.75, 3.05) is 0 Å². The quantitative estimate of drug-likeness (QED) is 0.204. The van der Waals surface area contributed by atoms with Gasteiger partial charge in [-0.25, -0.2) is 0 Å². The summed E-state index contributed by atoms with van der Waals surface area (Å²) >= 11 is 0. The van der Waals surface area contributed by atoms with Crippen LogP contribution in [-0.2, 0) is 10.8 Å². The van der Waals surface area contributed by atoms with Crippen LogP contribution < -0.4 is 0 Å². The summed E-state index contributed by atoms with van der Waals surface area (Å²) in [6.45, 7) is 13.4. The molecule has 0 radical (unpaired) electrons. The standard InChI is InChI=1S/C34H36N2/c1-33(2,3)31-19-15-29(16-20-31)27-11-7-25(8-12-27)23-35-36-24-26-9-13-28(14-10-26)30-17-21-32(22-18-30)34(4,5)6/h7-24H,1-6H3/b35-23+,36-24+. The summed E-state index contributed by atoms with van der Waals surface area (Å²) in [6.07, 6.45) is 3.57. The maximum atomic E-state index is 4.24. The molecular formula is C34H36N2. The van der Waals surface area contributed by atoms with Crippen molar-refractivity contribution < 1.29 is 0 Å². The highest BCUT2D eigenvalue weighted by Crippen LogP contribution is 2.27. The van der Waals surface area contributed by atoms with Gasteiger partial charge in [-0.3, -0.25) is 0 Å². The Bertz CT molecular complexity index is 1220. The van der Waals surface area contributed by atoms with E-state index in [1.165, 1.54) is 33.4 Å². The third-order valence-corrected chi connectivity index (χ3v) is 6.47. The molecule has 0 saturated heterocycles. The first-order chi connectivity index (χ1) is 17.1. The van der Waals surface area contributed by atoms with Gasteiger partial charge in [0.25, 0.3) is 0 Å². The molecule has 0 N–H and O–H groups in total. The number of nitrogens with zero attached hydrogens (tertiary/aromatic N) is 2. The summed E-state index contributed by atoms with van der Waals surface area (Å²) in [4.78, 5) is 0. The lowest BCUT2D eigenvalue weighted by Crippen LogP contribution is -2.10. The lowest BCUT2D eigenvalue weighted by atomic mass is 9.86. The Morgan fingerprint density at radius 2 is 0.639 bits per heavy atom. The number of benzene rings is 4. The van der Waals surface area contributed by atoms with E-state index in [0.717, 1.165) is 11.1 Å². The number of hydrogen-bond donors (Lipinski definition) is 0. The highest BCUT2D eigenvalue weighted by Gasteiger charge is 2.14. The molecule has 4 aromatic carbocycles. The minimum absolute atomic E-state index is 0.166. The van der Waals surface area contributed by atoms with Gasteiger partial charge >= 0.3 is 0 Å². The van der Waals surface area contributed by atoms with Crippen LogP contribution in [0.5, 0.6) is 0 Å². The minimum atomic E-state index is 0.166. The fourth-order valence-corrected chi connectivity index (χ4v) is 4.05. The summed E-state index contributed by atoms with van der Waals surface area (Å²) in [5, 5.41) is 8.47. The first-order valence-electron chi connectivity index (χ1n) is 12.6. The second-order valence-electron chi connectivity index (χ2n) is 11.4. The first kappa shape index (κ1) is 25.3. The van der Waals surface area contributed by atoms with E-state index in [1.54, 1.807) is 12.4 Å². The van der Waals surface area contributed by atoms with Crippen LogP contribution in [0.15, 0.2) is 107 Å². The zero-order valence-electron chi connectivity index (χ0n) is 22.3. The topological polar surface area (TPSA) is 24.7 Å². The third-order valence-electron chi connectivity index (χ3n) is 6.47. The van der Waals surface area contributed by atoms with Gasteiger partial charge < -0.3 is 0 Å². The molecule has 0 bridgehead atoms. The second kappa shape index (κ2) is 10.5. The molecule has 0 aliphatic heterocycles. The van der Waals surface area contributed by atoms with E-state index in [2.05, 4.69) is 149 Å². The molecule has 2 nitrogen and oxygen atoms in total. The van der Waals surface area contributed by atoms with Crippen LogP contribution >= 0.6 is 0 Å². The van der Waals surface area contributed by atoms with E-state index in [9.17, 15) is 0 Å². The van der Waals surface area contributed by atoms with Crippen LogP contribution in [0.4, 0.5) is 0 Å². The molecule has 0 spiro atoms. The monoisotopic (exact) mass is 472 g/mol. The van der Waals surface area contributed by atoms with Gasteiger partial charge in [0.1, 0.15) is 0 Å². The Morgan fingerprint density at radius 3 is 0.889 bits per heavy atom. The SMILES string of the molecule is CC(C)(C)c1ccc(-c2ccc(/C=N/N=C/c3ccc(-c4ccc(C(C)(C)C)cc4)cc3)cc2)cc1. The molecule has 0 atom stereocenters. The second-order valence-corrected chi connectivity index (χ2v) is 11.4. The molecule has 0 aromatic heterocycles. The van der Waals surface area contributed by atoms with Gasteiger partial charge in [-0.2, -0.15) is 10.2 Å². The number of rotatable bonds is 5. The highest BCUT2D eigenvalue weighted by atomic mass is 15.2. The zero-order chi connectivity index (χ0) is 25.8. The zero-order valence-corrected chi connectivity index (χ0v) is 22.3. The van der Waals surface area contributed by atoms with E-state index in [-0.39, 0.29) is 10.8 Å². The predicted octanol–water partition coefficient (Wildman–Crippen LogP) is 9.07. The fourth-order valence-electron chi connectivity index (χ4n) is 4.05. The molecule has 0 amide bonds. The largest absolute Gasteiger partial charge is 0.159 e. The van der Waals surface area contributed by atoms with E-state index in [4.69, 9.17) is 0 Å². The van der Waals surface area contributed by atoms with E-state index in [1.807, 2.05) is 0 Å². The Morgan fingerprint density at radius 1 is 0.389 bits per heavy atom. The molecule has 2 heteroatoms. The Balaban J connectivity index is 1.36. The smallest absolute Gasteiger partial charge is 0.0568 e. The summed E-state index contributed by atoms with van der Waals surface area (Å²) in [6, 6.07) is 34.5. The molecule has 182 valence electrons. The molecule has 0 aliphatic rings. The molecule has 36 heavy (non-hydrogen) atoms. The molecule has 4 rings (SSSR count). The van der Waals surface area contributed by atoms with Gasteiger partial charge in [0.2, 0.25) is 0 Å². The van der Waals surface area contributed by atoms with Gasteiger partial charge in [0, 0.05) is 0 Å². The predicted molar refractivity (Wildman–Crippen MR) is 156 cm³/mol. The van der Waals surface area contributed by atoms with E-state index >= 15 is 0 Å². The molecule has 0 aliphatic carbocycles. The maximum Gasteiger partial charge on any atom is 0.0568 e. The van der Waals surface area contributed by atoms with Crippen LogP contribution in [-0.4, -0.2) is 12.4 Å². The minimum Gasteiger partial charge on any atom is -0.159 e. The van der Waals surface area contributed by atoms with Crippen molar-refractivity contribution in [1.82, 2.24) is 0 Å². The van der Waals surface area contributed by atoms with Gasteiger partial charge in [-0.1, -0.05) is 139 Å². The number of hydrogen-bond acceptors (Lipinski definition) is 2. The van der Waals surface area contributed by atoms with Crippen LogP contribution in [0.2, 0.25) is 0 Å². The first-order valence-corrected chi connectivity index (χ1v) is 12.6. The lowest BCUT2D eigenvalue weighted by Gasteiger charge is -2.19. The molecule has 0 unspecified atom stereocenters. The lowest BCUT2D eigenvalue weighted by molar-refractivity contribution is 0.590. The van der Waals surface area contributed by atoms with E-state index in [0.29, 0.717) is 0 Å².